The maximum atomic E-state index is 13.1. The Morgan fingerprint density at radius 3 is 2.61 bits per heavy atom. The normalized spacial score (nSPS) is 22.4. The topological polar surface area (TPSA) is 35.6 Å². The van der Waals surface area contributed by atoms with E-state index in [-0.39, 0.29) is 17.9 Å². The van der Waals surface area contributed by atoms with E-state index in [1.165, 1.54) is 12.1 Å². The van der Waals surface area contributed by atoms with E-state index < -0.39 is 0 Å². The predicted molar refractivity (Wildman–Crippen MR) is 88.6 cm³/mol. The van der Waals surface area contributed by atoms with Crippen LogP contribution in [0.2, 0.25) is 0 Å². The number of hydrogen-bond acceptors (Lipinski definition) is 2. The number of benzene rings is 1. The van der Waals surface area contributed by atoms with Crippen molar-refractivity contribution < 1.29 is 9.18 Å². The van der Waals surface area contributed by atoms with Crippen molar-refractivity contribution in [2.45, 2.75) is 25.3 Å². The van der Waals surface area contributed by atoms with Gasteiger partial charge in [-0.15, -0.1) is 0 Å². The van der Waals surface area contributed by atoms with Crippen LogP contribution in [-0.2, 0) is 0 Å². The fourth-order valence-electron chi connectivity index (χ4n) is 3.48. The molecule has 0 aromatic heterocycles. The van der Waals surface area contributed by atoms with Crippen LogP contribution in [-0.4, -0.2) is 49.6 Å². The van der Waals surface area contributed by atoms with E-state index >= 15 is 0 Å². The Kier molecular flexibility index (Phi) is 4.85. The maximum absolute atomic E-state index is 13.1. The van der Waals surface area contributed by atoms with E-state index in [1.54, 1.807) is 12.1 Å². The highest BCUT2D eigenvalue weighted by molar-refractivity contribution is 5.75. The molecule has 23 heavy (non-hydrogen) atoms. The smallest absolute Gasteiger partial charge is 0.317 e. The molecule has 4 nitrogen and oxygen atoms in total. The fourth-order valence-corrected chi connectivity index (χ4v) is 3.48. The van der Waals surface area contributed by atoms with E-state index in [0.29, 0.717) is 11.8 Å². The zero-order chi connectivity index (χ0) is 16.4. The molecule has 126 valence electrons. The third kappa shape index (κ3) is 4.22. The van der Waals surface area contributed by atoms with Gasteiger partial charge in [0.15, 0.2) is 0 Å². The molecule has 1 saturated carbocycles. The van der Waals surface area contributed by atoms with Gasteiger partial charge in [0.1, 0.15) is 5.82 Å². The molecule has 0 radical (unpaired) electrons. The number of urea groups is 1. The van der Waals surface area contributed by atoms with Crippen LogP contribution < -0.4 is 5.32 Å². The number of likely N-dealkylation sites (tertiary alicyclic amines) is 1. The summed E-state index contributed by atoms with van der Waals surface area (Å²) in [6, 6.07) is 6.55. The van der Waals surface area contributed by atoms with Crippen LogP contribution in [0.15, 0.2) is 24.3 Å². The molecule has 1 aliphatic heterocycles. The number of hydrogen-bond donors (Lipinski definition) is 1. The Morgan fingerprint density at radius 2 is 2.00 bits per heavy atom. The Labute approximate surface area is 137 Å². The summed E-state index contributed by atoms with van der Waals surface area (Å²) in [5, 5.41) is 3.18. The quantitative estimate of drug-likeness (QED) is 0.906. The van der Waals surface area contributed by atoms with E-state index in [1.807, 2.05) is 4.90 Å². The van der Waals surface area contributed by atoms with Crippen LogP contribution in [0.25, 0.3) is 0 Å². The first-order valence-corrected chi connectivity index (χ1v) is 8.48. The molecule has 1 aromatic carbocycles. The first-order chi connectivity index (χ1) is 11.0. The average Bonchev–Trinajstić information content (AvgIpc) is 3.24. The minimum absolute atomic E-state index is 0.0102. The van der Waals surface area contributed by atoms with Crippen molar-refractivity contribution >= 4 is 6.03 Å². The predicted octanol–water partition coefficient (Wildman–Crippen LogP) is 2.87. The van der Waals surface area contributed by atoms with Crippen LogP contribution in [0.1, 0.15) is 30.9 Å². The maximum Gasteiger partial charge on any atom is 0.317 e. The molecule has 2 atom stereocenters. The second-order valence-electron chi connectivity index (χ2n) is 7.18. The molecule has 1 heterocycles. The van der Waals surface area contributed by atoms with Gasteiger partial charge in [0.25, 0.3) is 0 Å². The fraction of sp³-hybridized carbons (Fsp3) is 0.611. The summed E-state index contributed by atoms with van der Waals surface area (Å²) in [6.07, 6.45) is 3.33. The zero-order valence-corrected chi connectivity index (χ0v) is 14.0. The molecule has 2 aliphatic rings. The summed E-state index contributed by atoms with van der Waals surface area (Å²) in [5.41, 5.74) is 1.01. The molecule has 1 aromatic rings. The minimum Gasteiger partial charge on any atom is -0.331 e. The Hall–Kier alpha value is -1.62. The van der Waals surface area contributed by atoms with Crippen molar-refractivity contribution in [1.29, 1.82) is 0 Å². The second-order valence-corrected chi connectivity index (χ2v) is 7.18. The van der Waals surface area contributed by atoms with Crippen molar-refractivity contribution in [3.8, 4) is 0 Å². The first-order valence-electron chi connectivity index (χ1n) is 8.48. The van der Waals surface area contributed by atoms with E-state index in [2.05, 4.69) is 24.3 Å². The Morgan fingerprint density at radius 1 is 1.30 bits per heavy atom. The SMILES string of the molecule is CN(C)C[C@@H]1CCN(C(=O)N[C@H](c2ccc(F)cc2)C2CC2)C1. The third-order valence-corrected chi connectivity index (χ3v) is 4.80. The lowest BCUT2D eigenvalue weighted by Gasteiger charge is -2.24. The van der Waals surface area contributed by atoms with Gasteiger partial charge in [0.05, 0.1) is 6.04 Å². The largest absolute Gasteiger partial charge is 0.331 e. The highest BCUT2D eigenvalue weighted by Crippen LogP contribution is 2.41. The van der Waals surface area contributed by atoms with Crippen molar-refractivity contribution in [2.75, 3.05) is 33.7 Å². The summed E-state index contributed by atoms with van der Waals surface area (Å²) in [7, 11) is 4.14. The number of halogens is 1. The van der Waals surface area contributed by atoms with Crippen molar-refractivity contribution in [3.05, 3.63) is 35.6 Å². The molecular formula is C18H26FN3O. The van der Waals surface area contributed by atoms with Gasteiger partial charge in [-0.25, -0.2) is 9.18 Å². The van der Waals surface area contributed by atoms with Crippen molar-refractivity contribution in [2.24, 2.45) is 11.8 Å². The zero-order valence-electron chi connectivity index (χ0n) is 14.0. The van der Waals surface area contributed by atoms with E-state index in [0.717, 1.165) is 44.5 Å². The van der Waals surface area contributed by atoms with Gasteiger partial charge in [-0.3, -0.25) is 0 Å². The van der Waals surface area contributed by atoms with Gasteiger partial charge >= 0.3 is 6.03 Å². The summed E-state index contributed by atoms with van der Waals surface area (Å²) in [6.45, 7) is 2.67. The number of rotatable bonds is 5. The van der Waals surface area contributed by atoms with Crippen LogP contribution in [0.4, 0.5) is 9.18 Å². The summed E-state index contributed by atoms with van der Waals surface area (Å²) >= 11 is 0. The molecule has 2 fully saturated rings. The Bertz CT molecular complexity index is 542. The highest BCUT2D eigenvalue weighted by atomic mass is 19.1. The van der Waals surface area contributed by atoms with E-state index in [4.69, 9.17) is 0 Å². The highest BCUT2D eigenvalue weighted by Gasteiger charge is 2.35. The third-order valence-electron chi connectivity index (χ3n) is 4.80. The molecule has 0 spiro atoms. The number of carbonyl (C=O) groups excluding carboxylic acids is 1. The van der Waals surface area contributed by atoms with Gasteiger partial charge in [0.2, 0.25) is 0 Å². The molecule has 0 bridgehead atoms. The van der Waals surface area contributed by atoms with Gasteiger partial charge in [0, 0.05) is 19.6 Å². The molecular weight excluding hydrogens is 293 g/mol. The van der Waals surface area contributed by atoms with Gasteiger partial charge in [-0.2, -0.15) is 0 Å². The minimum atomic E-state index is -0.235. The average molecular weight is 319 g/mol. The summed E-state index contributed by atoms with van der Waals surface area (Å²) in [4.78, 5) is 16.7. The molecule has 0 unspecified atom stereocenters. The Balaban J connectivity index is 1.60. The molecule has 1 N–H and O–H groups in total. The molecule has 2 amide bonds. The van der Waals surface area contributed by atoms with E-state index in [9.17, 15) is 9.18 Å². The standard InChI is InChI=1S/C18H26FN3O/c1-21(2)11-13-9-10-22(12-13)18(23)20-17(14-3-4-14)15-5-7-16(19)8-6-15/h5-8,13-14,17H,3-4,9-12H2,1-2H3,(H,20,23)/t13-,17-/m0/s1. The van der Waals surface area contributed by atoms with Crippen LogP contribution in [0, 0.1) is 17.7 Å². The van der Waals surface area contributed by atoms with Gasteiger partial charge < -0.3 is 15.1 Å². The number of nitrogens with zero attached hydrogens (tertiary/aromatic N) is 2. The number of nitrogens with one attached hydrogen (secondary N) is 1. The monoisotopic (exact) mass is 319 g/mol. The lowest BCUT2D eigenvalue weighted by molar-refractivity contribution is 0.199. The van der Waals surface area contributed by atoms with Crippen molar-refractivity contribution in [3.63, 3.8) is 0 Å². The number of carbonyl (C=O) groups is 1. The van der Waals surface area contributed by atoms with Crippen molar-refractivity contribution in [1.82, 2.24) is 15.1 Å². The molecule has 1 aliphatic carbocycles. The van der Waals surface area contributed by atoms with Gasteiger partial charge in [-0.1, -0.05) is 12.1 Å². The van der Waals surface area contributed by atoms with Crippen LogP contribution in [0.3, 0.4) is 0 Å². The lowest BCUT2D eigenvalue weighted by atomic mass is 10.0. The second kappa shape index (κ2) is 6.87. The summed E-state index contributed by atoms with van der Waals surface area (Å²) in [5.74, 6) is 0.811. The lowest BCUT2D eigenvalue weighted by Crippen LogP contribution is -2.41. The molecule has 3 rings (SSSR count). The summed E-state index contributed by atoms with van der Waals surface area (Å²) < 4.78 is 13.1. The number of amides is 2. The van der Waals surface area contributed by atoms with Gasteiger partial charge in [-0.05, 0) is 62.9 Å². The first kappa shape index (κ1) is 16.2. The molecule has 5 heteroatoms. The van der Waals surface area contributed by atoms with Crippen LogP contribution in [0.5, 0.6) is 0 Å². The van der Waals surface area contributed by atoms with Crippen LogP contribution >= 0.6 is 0 Å². The molecule has 1 saturated heterocycles.